The van der Waals surface area contributed by atoms with Gasteiger partial charge in [-0.2, -0.15) is 4.98 Å². The second-order valence-corrected chi connectivity index (χ2v) is 9.23. The minimum Gasteiger partial charge on any atom is -0.443 e. The Morgan fingerprint density at radius 3 is 2.75 bits per heavy atom. The molecule has 3 aromatic rings. The molecule has 2 aromatic carbocycles. The Hall–Kier alpha value is -2.70. The van der Waals surface area contributed by atoms with Crippen molar-refractivity contribution in [3.8, 4) is 6.01 Å². The van der Waals surface area contributed by atoms with Gasteiger partial charge in [0.2, 0.25) is 0 Å². The Morgan fingerprint density at radius 2 is 2.00 bits per heavy atom. The number of hydrogen-bond donors (Lipinski definition) is 0. The van der Waals surface area contributed by atoms with E-state index in [4.69, 9.17) is 26.3 Å². The third-order valence-electron chi connectivity index (χ3n) is 6.63. The Morgan fingerprint density at radius 1 is 1.19 bits per heavy atom. The number of nitrogens with zero attached hydrogens (tertiary/aromatic N) is 5. The number of anilines is 1. The average molecular weight is 451 g/mol. The van der Waals surface area contributed by atoms with E-state index in [9.17, 15) is 0 Å². The maximum absolute atomic E-state index is 6.60. The number of likely N-dealkylation sites (N-methyl/N-ethyl adjacent to an activating group) is 1. The Balaban J connectivity index is 1.47. The Labute approximate surface area is 194 Å². The molecule has 32 heavy (non-hydrogen) atoms. The third-order valence-corrected chi connectivity index (χ3v) is 6.95. The molecule has 0 unspecified atom stereocenters. The summed E-state index contributed by atoms with van der Waals surface area (Å²) in [5.74, 6) is 0.848. The van der Waals surface area contributed by atoms with E-state index in [2.05, 4.69) is 47.8 Å². The van der Waals surface area contributed by atoms with Crippen molar-refractivity contribution in [2.24, 2.45) is 0 Å². The summed E-state index contributed by atoms with van der Waals surface area (Å²) in [6.07, 6.45) is 3.21. The summed E-state index contributed by atoms with van der Waals surface area (Å²) < 4.78 is 7.91. The number of halogens is 1. The Bertz CT molecular complexity index is 1180. The van der Waals surface area contributed by atoms with E-state index >= 15 is 0 Å². The molecular formula is C25H29ClN5O+. The summed E-state index contributed by atoms with van der Waals surface area (Å²) >= 11 is 6.60. The summed E-state index contributed by atoms with van der Waals surface area (Å²) in [6.45, 7) is 7.37. The van der Waals surface area contributed by atoms with Gasteiger partial charge in [0.15, 0.2) is 0 Å². The summed E-state index contributed by atoms with van der Waals surface area (Å²) in [4.78, 5) is 14.2. The molecule has 0 spiro atoms. The van der Waals surface area contributed by atoms with Crippen molar-refractivity contribution in [2.45, 2.75) is 31.8 Å². The molecule has 0 radical (unpaired) electrons. The molecule has 1 fully saturated rings. The normalized spacial score (nSPS) is 18.7. The number of fused-ring (bicyclic) bond motifs is 2. The van der Waals surface area contributed by atoms with Crippen LogP contribution in [-0.2, 0) is 13.0 Å². The van der Waals surface area contributed by atoms with Crippen LogP contribution in [0.5, 0.6) is 6.01 Å². The van der Waals surface area contributed by atoms with E-state index in [1.807, 2.05) is 23.8 Å². The van der Waals surface area contributed by atoms with E-state index in [0.29, 0.717) is 25.2 Å². The number of hydrogen-bond acceptors (Lipinski definition) is 5. The largest absolute Gasteiger partial charge is 0.443 e. The monoisotopic (exact) mass is 450 g/mol. The van der Waals surface area contributed by atoms with Gasteiger partial charge in [0.1, 0.15) is 6.61 Å². The fourth-order valence-corrected chi connectivity index (χ4v) is 5.15. The minimum atomic E-state index is 0.421. The van der Waals surface area contributed by atoms with Gasteiger partial charge in [0, 0.05) is 35.1 Å². The van der Waals surface area contributed by atoms with Crippen molar-refractivity contribution in [2.75, 3.05) is 38.7 Å². The number of aromatic nitrogens is 2. The number of likely N-dealkylation sites (tertiary alicyclic amines) is 1. The zero-order chi connectivity index (χ0) is 22.2. The van der Waals surface area contributed by atoms with Gasteiger partial charge in [-0.25, -0.2) is 4.58 Å². The SMILES string of the molecule is C=[N+](C)c1nc(OC[C@@H]2CCCN2C)nc2c1CCN(c1cccc3cccc(Cl)c13)C2. The highest BCUT2D eigenvalue weighted by Gasteiger charge is 2.30. The molecule has 0 aliphatic carbocycles. The first-order chi connectivity index (χ1) is 15.5. The van der Waals surface area contributed by atoms with Crippen LogP contribution < -0.4 is 9.64 Å². The highest BCUT2D eigenvalue weighted by molar-refractivity contribution is 6.36. The van der Waals surface area contributed by atoms with Crippen LogP contribution in [0.1, 0.15) is 24.1 Å². The molecule has 1 aromatic heterocycles. The van der Waals surface area contributed by atoms with Crippen LogP contribution in [0.2, 0.25) is 5.02 Å². The first-order valence-corrected chi connectivity index (χ1v) is 11.6. The quantitative estimate of drug-likeness (QED) is 0.428. The average Bonchev–Trinajstić information content (AvgIpc) is 3.21. The third kappa shape index (κ3) is 3.93. The maximum Gasteiger partial charge on any atom is 0.434 e. The van der Waals surface area contributed by atoms with Crippen LogP contribution in [0.3, 0.4) is 0 Å². The molecule has 0 saturated carbocycles. The van der Waals surface area contributed by atoms with Crippen molar-refractivity contribution in [1.29, 1.82) is 0 Å². The van der Waals surface area contributed by atoms with Gasteiger partial charge >= 0.3 is 11.8 Å². The van der Waals surface area contributed by atoms with E-state index in [1.165, 1.54) is 6.42 Å². The van der Waals surface area contributed by atoms with Gasteiger partial charge in [-0.1, -0.05) is 35.9 Å². The lowest BCUT2D eigenvalue weighted by atomic mass is 10.0. The molecule has 1 saturated heterocycles. The van der Waals surface area contributed by atoms with Crippen LogP contribution in [0.15, 0.2) is 36.4 Å². The molecule has 3 heterocycles. The molecule has 7 heteroatoms. The van der Waals surface area contributed by atoms with Crippen LogP contribution in [-0.4, -0.2) is 66.0 Å². The molecule has 6 nitrogen and oxygen atoms in total. The zero-order valence-corrected chi connectivity index (χ0v) is 19.5. The first kappa shape index (κ1) is 21.2. The van der Waals surface area contributed by atoms with Crippen molar-refractivity contribution < 1.29 is 9.31 Å². The van der Waals surface area contributed by atoms with E-state index in [-0.39, 0.29) is 0 Å². The number of rotatable bonds is 5. The standard InChI is InChI=1S/C25H29ClN5O/c1-29(2)24-19-12-14-31(22-11-5-8-17-7-4-10-20(26)23(17)22)15-21(19)27-25(28-24)32-16-18-9-6-13-30(18)3/h4-5,7-8,10-11,18H,1,6,9,12-16H2,2-3H3/q+1/t18-/m0/s1. The van der Waals surface area contributed by atoms with Gasteiger partial charge in [-0.15, -0.1) is 0 Å². The van der Waals surface area contributed by atoms with Crippen molar-refractivity contribution in [1.82, 2.24) is 14.9 Å². The number of ether oxygens (including phenoxy) is 1. The first-order valence-electron chi connectivity index (χ1n) is 11.2. The lowest BCUT2D eigenvalue weighted by Gasteiger charge is -2.30. The van der Waals surface area contributed by atoms with Crippen LogP contribution >= 0.6 is 11.6 Å². The van der Waals surface area contributed by atoms with Crippen molar-refractivity contribution >= 4 is 40.6 Å². The molecule has 0 N–H and O–H groups in total. The van der Waals surface area contributed by atoms with Crippen LogP contribution in [0.4, 0.5) is 11.5 Å². The predicted molar refractivity (Wildman–Crippen MR) is 130 cm³/mol. The predicted octanol–water partition coefficient (Wildman–Crippen LogP) is 4.29. The van der Waals surface area contributed by atoms with Crippen LogP contribution in [0.25, 0.3) is 10.8 Å². The topological polar surface area (TPSA) is 44.5 Å². The summed E-state index contributed by atoms with van der Waals surface area (Å²) in [5, 5.41) is 3.00. The molecule has 2 aliphatic heterocycles. The maximum atomic E-state index is 6.60. The lowest BCUT2D eigenvalue weighted by Crippen LogP contribution is -2.33. The van der Waals surface area contributed by atoms with Crippen molar-refractivity contribution in [3.05, 3.63) is 52.7 Å². The highest BCUT2D eigenvalue weighted by atomic mass is 35.5. The summed E-state index contributed by atoms with van der Waals surface area (Å²) in [5.41, 5.74) is 3.28. The minimum absolute atomic E-state index is 0.421. The van der Waals surface area contributed by atoms with E-state index < -0.39 is 0 Å². The van der Waals surface area contributed by atoms with Gasteiger partial charge in [0.05, 0.1) is 36.6 Å². The molecule has 166 valence electrons. The fraction of sp³-hybridized carbons (Fsp3) is 0.400. The highest BCUT2D eigenvalue weighted by Crippen LogP contribution is 2.36. The fourth-order valence-electron chi connectivity index (χ4n) is 4.87. The summed E-state index contributed by atoms with van der Waals surface area (Å²) in [6, 6.07) is 13.2. The molecule has 1 atom stereocenters. The molecule has 0 bridgehead atoms. The molecule has 0 amide bonds. The van der Waals surface area contributed by atoms with Gasteiger partial charge in [-0.05, 0) is 44.0 Å². The van der Waals surface area contributed by atoms with Gasteiger partial charge in [0.25, 0.3) is 0 Å². The van der Waals surface area contributed by atoms with Gasteiger partial charge in [-0.3, -0.25) is 0 Å². The van der Waals surface area contributed by atoms with Crippen LogP contribution in [0, 0.1) is 0 Å². The molecular weight excluding hydrogens is 422 g/mol. The second-order valence-electron chi connectivity index (χ2n) is 8.83. The zero-order valence-electron chi connectivity index (χ0n) is 18.7. The lowest BCUT2D eigenvalue weighted by molar-refractivity contribution is -0.400. The summed E-state index contributed by atoms with van der Waals surface area (Å²) in [7, 11) is 4.07. The van der Waals surface area contributed by atoms with E-state index in [0.717, 1.165) is 64.5 Å². The molecule has 2 aliphatic rings. The smallest absolute Gasteiger partial charge is 0.434 e. The van der Waals surface area contributed by atoms with E-state index in [1.54, 1.807) is 0 Å². The Kier molecular flexibility index (Phi) is 5.74. The van der Waals surface area contributed by atoms with Gasteiger partial charge < -0.3 is 14.5 Å². The van der Waals surface area contributed by atoms with Crippen molar-refractivity contribution in [3.63, 3.8) is 0 Å². The second kappa shape index (κ2) is 8.68. The molecule has 5 rings (SSSR count). The number of benzene rings is 2.